The molecule has 1 aliphatic rings. The highest BCUT2D eigenvalue weighted by atomic mass is 19.4. The van der Waals surface area contributed by atoms with Crippen molar-refractivity contribution in [1.82, 2.24) is 4.98 Å². The van der Waals surface area contributed by atoms with Crippen LogP contribution >= 0.6 is 0 Å². The lowest BCUT2D eigenvalue weighted by Crippen LogP contribution is -2.19. The number of anilines is 1. The second-order valence-corrected chi connectivity index (χ2v) is 5.55. The first-order valence-corrected chi connectivity index (χ1v) is 7.29. The first kappa shape index (κ1) is 15.1. The van der Waals surface area contributed by atoms with Crippen LogP contribution in [0.1, 0.15) is 51.1 Å². The third-order valence-corrected chi connectivity index (χ3v) is 4.09. The van der Waals surface area contributed by atoms with E-state index in [1.165, 1.54) is 37.9 Å². The Morgan fingerprint density at radius 2 is 2.00 bits per heavy atom. The third kappa shape index (κ3) is 4.12. The van der Waals surface area contributed by atoms with Gasteiger partial charge in [-0.25, -0.2) is 4.98 Å². The van der Waals surface area contributed by atoms with E-state index in [2.05, 4.69) is 17.2 Å². The van der Waals surface area contributed by atoms with Gasteiger partial charge in [0.15, 0.2) is 0 Å². The zero-order valence-electron chi connectivity index (χ0n) is 11.7. The smallest absolute Gasteiger partial charge is 0.381 e. The first-order valence-electron chi connectivity index (χ1n) is 7.29. The summed E-state index contributed by atoms with van der Waals surface area (Å²) in [6.45, 7) is 2.22. The summed E-state index contributed by atoms with van der Waals surface area (Å²) in [7, 11) is 0. The van der Waals surface area contributed by atoms with Crippen molar-refractivity contribution in [3.63, 3.8) is 0 Å². The average Bonchev–Trinajstić information content (AvgIpc) is 2.63. The average molecular weight is 286 g/mol. The van der Waals surface area contributed by atoms with Gasteiger partial charge in [0.2, 0.25) is 0 Å². The van der Waals surface area contributed by atoms with E-state index < -0.39 is 11.9 Å². The summed E-state index contributed by atoms with van der Waals surface area (Å²) in [5.74, 6) is 0.799. The van der Waals surface area contributed by atoms with Crippen LogP contribution in [-0.2, 0) is 6.18 Å². The minimum Gasteiger partial charge on any atom is -0.381 e. The number of nitrogens with zero attached hydrogens (tertiary/aromatic N) is 1. The van der Waals surface area contributed by atoms with Crippen LogP contribution in [0.3, 0.4) is 0 Å². The van der Waals surface area contributed by atoms with Gasteiger partial charge in [0.25, 0.3) is 0 Å². The van der Waals surface area contributed by atoms with Crippen LogP contribution in [0.5, 0.6) is 0 Å². The highest BCUT2D eigenvalue weighted by molar-refractivity contribution is 5.42. The van der Waals surface area contributed by atoms with Gasteiger partial charge in [0.1, 0.15) is 5.69 Å². The highest BCUT2D eigenvalue weighted by Crippen LogP contribution is 2.29. The Bertz CT molecular complexity index is 414. The molecule has 1 aromatic rings. The van der Waals surface area contributed by atoms with E-state index in [1.807, 2.05) is 0 Å². The number of pyridine rings is 1. The van der Waals surface area contributed by atoms with Crippen molar-refractivity contribution in [2.24, 2.45) is 5.92 Å². The van der Waals surface area contributed by atoms with E-state index >= 15 is 0 Å². The summed E-state index contributed by atoms with van der Waals surface area (Å²) in [6, 6.07) is 2.86. The maximum atomic E-state index is 12.4. The van der Waals surface area contributed by atoms with Crippen molar-refractivity contribution in [3.8, 4) is 0 Å². The minimum atomic E-state index is -4.37. The van der Waals surface area contributed by atoms with E-state index in [9.17, 15) is 13.2 Å². The fourth-order valence-electron chi connectivity index (χ4n) is 2.81. The Hall–Kier alpha value is -1.26. The molecular weight excluding hydrogens is 265 g/mol. The molecule has 1 aromatic heterocycles. The quantitative estimate of drug-likeness (QED) is 0.802. The van der Waals surface area contributed by atoms with Crippen molar-refractivity contribution < 1.29 is 13.2 Å². The number of nitrogens with one attached hydrogen (secondary N) is 1. The van der Waals surface area contributed by atoms with Gasteiger partial charge in [-0.1, -0.05) is 26.2 Å². The molecule has 0 saturated heterocycles. The van der Waals surface area contributed by atoms with E-state index in [0.29, 0.717) is 11.7 Å². The molecule has 112 valence electrons. The summed E-state index contributed by atoms with van der Waals surface area (Å²) < 4.78 is 37.3. The standard InChI is InChI=1S/C15H21F3N2/c1-2-11-4-3-5-12(7-6-11)20-13-8-9-14(19-10-13)15(16,17)18/h8-12,20H,2-7H2,1H3. The fourth-order valence-corrected chi connectivity index (χ4v) is 2.81. The molecule has 2 nitrogen and oxygen atoms in total. The predicted octanol–water partition coefficient (Wildman–Crippen LogP) is 4.87. The maximum Gasteiger partial charge on any atom is 0.433 e. The summed E-state index contributed by atoms with van der Waals surface area (Å²) in [5.41, 5.74) is -0.159. The fraction of sp³-hybridized carbons (Fsp3) is 0.667. The number of alkyl halides is 3. The van der Waals surface area contributed by atoms with Gasteiger partial charge in [-0.2, -0.15) is 13.2 Å². The molecule has 1 aliphatic carbocycles. The van der Waals surface area contributed by atoms with Crippen molar-refractivity contribution in [2.45, 2.75) is 57.7 Å². The molecule has 1 saturated carbocycles. The molecule has 0 radical (unpaired) electrons. The van der Waals surface area contributed by atoms with Gasteiger partial charge < -0.3 is 5.32 Å². The van der Waals surface area contributed by atoms with Crippen LogP contribution in [0.4, 0.5) is 18.9 Å². The first-order chi connectivity index (χ1) is 9.49. The molecule has 2 unspecified atom stereocenters. The molecule has 2 rings (SSSR count). The van der Waals surface area contributed by atoms with E-state index in [1.54, 1.807) is 0 Å². The molecule has 1 fully saturated rings. The van der Waals surface area contributed by atoms with Crippen LogP contribution in [0.2, 0.25) is 0 Å². The number of hydrogen-bond acceptors (Lipinski definition) is 2. The van der Waals surface area contributed by atoms with Crippen molar-refractivity contribution in [2.75, 3.05) is 5.32 Å². The lowest BCUT2D eigenvalue weighted by molar-refractivity contribution is -0.141. The summed E-state index contributed by atoms with van der Waals surface area (Å²) in [6.07, 6.45) is 3.94. The van der Waals surface area contributed by atoms with Crippen LogP contribution in [0, 0.1) is 5.92 Å². The van der Waals surface area contributed by atoms with Crippen molar-refractivity contribution in [1.29, 1.82) is 0 Å². The third-order valence-electron chi connectivity index (χ3n) is 4.09. The van der Waals surface area contributed by atoms with Crippen LogP contribution in [0.15, 0.2) is 18.3 Å². The maximum absolute atomic E-state index is 12.4. The van der Waals surface area contributed by atoms with E-state index in [-0.39, 0.29) is 0 Å². The second kappa shape index (κ2) is 6.46. The molecule has 0 aliphatic heterocycles. The molecule has 2 atom stereocenters. The Morgan fingerprint density at radius 1 is 1.20 bits per heavy atom. The normalized spacial score (nSPS) is 24.2. The SMILES string of the molecule is CCC1CCCC(Nc2ccc(C(F)(F)F)nc2)CC1. The highest BCUT2D eigenvalue weighted by Gasteiger charge is 2.32. The Kier molecular flexibility index (Phi) is 4.89. The van der Waals surface area contributed by atoms with Crippen LogP contribution in [-0.4, -0.2) is 11.0 Å². The van der Waals surface area contributed by atoms with Gasteiger partial charge in [0, 0.05) is 6.04 Å². The number of rotatable bonds is 3. The zero-order chi connectivity index (χ0) is 14.6. The lowest BCUT2D eigenvalue weighted by atomic mass is 9.98. The predicted molar refractivity (Wildman–Crippen MR) is 73.5 cm³/mol. The largest absolute Gasteiger partial charge is 0.433 e. The topological polar surface area (TPSA) is 24.9 Å². The van der Waals surface area contributed by atoms with Crippen LogP contribution < -0.4 is 5.32 Å². The number of hydrogen-bond donors (Lipinski definition) is 1. The molecule has 0 spiro atoms. The summed E-state index contributed by atoms with van der Waals surface area (Å²) in [5, 5.41) is 3.31. The van der Waals surface area contributed by atoms with Gasteiger partial charge in [0.05, 0.1) is 11.9 Å². The number of halogens is 3. The summed E-state index contributed by atoms with van der Waals surface area (Å²) in [4.78, 5) is 3.48. The molecule has 0 amide bonds. The van der Waals surface area contributed by atoms with E-state index in [4.69, 9.17) is 0 Å². The Morgan fingerprint density at radius 3 is 2.60 bits per heavy atom. The second-order valence-electron chi connectivity index (χ2n) is 5.55. The Balaban J connectivity index is 1.93. The molecular formula is C15H21F3N2. The summed E-state index contributed by atoms with van der Waals surface area (Å²) >= 11 is 0. The van der Waals surface area contributed by atoms with Crippen molar-refractivity contribution in [3.05, 3.63) is 24.0 Å². The number of aromatic nitrogens is 1. The lowest BCUT2D eigenvalue weighted by Gasteiger charge is -2.18. The van der Waals surface area contributed by atoms with Gasteiger partial charge >= 0.3 is 6.18 Å². The molecule has 1 heterocycles. The zero-order valence-corrected chi connectivity index (χ0v) is 11.7. The minimum absolute atomic E-state index is 0.352. The molecule has 20 heavy (non-hydrogen) atoms. The molecule has 5 heteroatoms. The molecule has 0 aromatic carbocycles. The van der Waals surface area contributed by atoms with Gasteiger partial charge in [-0.15, -0.1) is 0 Å². The monoisotopic (exact) mass is 286 g/mol. The van der Waals surface area contributed by atoms with Gasteiger partial charge in [-0.3, -0.25) is 0 Å². The Labute approximate surface area is 117 Å². The molecule has 1 N–H and O–H groups in total. The van der Waals surface area contributed by atoms with Gasteiger partial charge in [-0.05, 0) is 37.3 Å². The molecule has 0 bridgehead atoms. The van der Waals surface area contributed by atoms with Crippen molar-refractivity contribution >= 4 is 5.69 Å². The van der Waals surface area contributed by atoms with E-state index in [0.717, 1.165) is 24.8 Å². The van der Waals surface area contributed by atoms with Crippen LogP contribution in [0.25, 0.3) is 0 Å².